The molecule has 1 saturated heterocycles. The molecule has 1 aliphatic heterocycles. The normalized spacial score (nSPS) is 33.0. The van der Waals surface area contributed by atoms with Gasteiger partial charge in [-0.15, -0.1) is 0 Å². The van der Waals surface area contributed by atoms with Crippen molar-refractivity contribution in [1.82, 2.24) is 10.2 Å². The van der Waals surface area contributed by atoms with Gasteiger partial charge in [-0.1, -0.05) is 20.3 Å². The van der Waals surface area contributed by atoms with Crippen molar-refractivity contribution in [3.05, 3.63) is 0 Å². The van der Waals surface area contributed by atoms with E-state index in [0.29, 0.717) is 11.3 Å². The van der Waals surface area contributed by atoms with Crippen LogP contribution in [0.4, 0.5) is 0 Å². The first-order valence-electron chi connectivity index (χ1n) is 8.43. The number of likely N-dealkylation sites (tertiary alicyclic amines) is 1. The minimum atomic E-state index is -0.444. The molecule has 21 heavy (non-hydrogen) atoms. The zero-order valence-electron chi connectivity index (χ0n) is 14.2. The fourth-order valence-corrected chi connectivity index (χ4v) is 4.42. The maximum atomic E-state index is 12.2. The molecule has 0 radical (unpaired) electrons. The van der Waals surface area contributed by atoms with Crippen LogP contribution in [0.15, 0.2) is 0 Å². The third-order valence-electron chi connectivity index (χ3n) is 5.59. The Hall–Kier alpha value is -0.610. The lowest BCUT2D eigenvalue weighted by Crippen LogP contribution is -2.54. The topological polar surface area (TPSA) is 41.6 Å². The summed E-state index contributed by atoms with van der Waals surface area (Å²) in [6.45, 7) is 8.22. The molecule has 1 N–H and O–H groups in total. The van der Waals surface area contributed by atoms with Crippen molar-refractivity contribution >= 4 is 5.97 Å². The summed E-state index contributed by atoms with van der Waals surface area (Å²) >= 11 is 0. The minimum Gasteiger partial charge on any atom is -0.468 e. The van der Waals surface area contributed by atoms with Crippen LogP contribution in [-0.2, 0) is 9.53 Å². The molecule has 122 valence electrons. The molecule has 2 fully saturated rings. The number of methoxy groups -OCH3 is 1. The fraction of sp³-hybridized carbons (Fsp3) is 0.941. The molecular formula is C17H32N2O2. The van der Waals surface area contributed by atoms with Crippen LogP contribution in [0.2, 0.25) is 0 Å². The zero-order chi connectivity index (χ0) is 15.5. The van der Waals surface area contributed by atoms with Gasteiger partial charge in [0.05, 0.1) is 7.11 Å². The number of carbonyl (C=O) groups is 1. The van der Waals surface area contributed by atoms with E-state index in [1.54, 1.807) is 0 Å². The van der Waals surface area contributed by atoms with E-state index in [0.717, 1.165) is 32.2 Å². The monoisotopic (exact) mass is 296 g/mol. The van der Waals surface area contributed by atoms with Gasteiger partial charge in [0.2, 0.25) is 0 Å². The Morgan fingerprint density at radius 3 is 2.71 bits per heavy atom. The summed E-state index contributed by atoms with van der Waals surface area (Å²) in [7, 11) is 3.41. The van der Waals surface area contributed by atoms with Crippen LogP contribution in [-0.4, -0.2) is 50.2 Å². The number of nitrogens with one attached hydrogen (secondary N) is 1. The van der Waals surface area contributed by atoms with Gasteiger partial charge in [-0.05, 0) is 63.6 Å². The number of ether oxygens (including phenoxy) is 1. The van der Waals surface area contributed by atoms with Gasteiger partial charge in [0, 0.05) is 6.54 Å². The number of hydrogen-bond acceptors (Lipinski definition) is 4. The lowest BCUT2D eigenvalue weighted by molar-refractivity contribution is -0.150. The number of hydrogen-bond donors (Lipinski definition) is 1. The summed E-state index contributed by atoms with van der Waals surface area (Å²) in [5.41, 5.74) is -0.00355. The highest BCUT2D eigenvalue weighted by Crippen LogP contribution is 2.39. The number of carbonyl (C=O) groups excluding carboxylic acids is 1. The summed E-state index contributed by atoms with van der Waals surface area (Å²) in [5, 5.41) is 3.29. The van der Waals surface area contributed by atoms with Crippen LogP contribution >= 0.6 is 0 Å². The van der Waals surface area contributed by atoms with Gasteiger partial charge < -0.3 is 15.0 Å². The smallest absolute Gasteiger partial charge is 0.326 e. The maximum absolute atomic E-state index is 12.2. The van der Waals surface area contributed by atoms with Crippen molar-refractivity contribution in [2.45, 2.75) is 57.9 Å². The molecule has 4 heteroatoms. The highest BCUT2D eigenvalue weighted by molar-refractivity contribution is 5.81. The number of esters is 1. The second-order valence-corrected chi connectivity index (χ2v) is 7.63. The van der Waals surface area contributed by atoms with Crippen LogP contribution in [0, 0.1) is 11.3 Å². The van der Waals surface area contributed by atoms with E-state index in [1.165, 1.54) is 33.0 Å². The Morgan fingerprint density at radius 1 is 1.33 bits per heavy atom. The molecule has 1 saturated carbocycles. The quantitative estimate of drug-likeness (QED) is 0.791. The van der Waals surface area contributed by atoms with E-state index >= 15 is 0 Å². The number of likely N-dealkylation sites (N-methyl/N-ethyl adjacent to an activating group) is 1. The molecule has 2 aliphatic rings. The molecule has 2 atom stereocenters. The van der Waals surface area contributed by atoms with Crippen molar-refractivity contribution in [1.29, 1.82) is 0 Å². The van der Waals surface area contributed by atoms with Gasteiger partial charge in [-0.2, -0.15) is 0 Å². The number of rotatable bonds is 5. The Kier molecular flexibility index (Phi) is 5.31. The molecule has 2 unspecified atom stereocenters. The first kappa shape index (κ1) is 16.8. The lowest BCUT2D eigenvalue weighted by atomic mass is 9.82. The van der Waals surface area contributed by atoms with E-state index in [4.69, 9.17) is 4.74 Å². The highest BCUT2D eigenvalue weighted by Gasteiger charge is 2.48. The molecule has 2 rings (SSSR count). The summed E-state index contributed by atoms with van der Waals surface area (Å²) in [6.07, 6.45) is 6.87. The number of piperidine rings is 1. The summed E-state index contributed by atoms with van der Waals surface area (Å²) in [4.78, 5) is 14.8. The Labute approximate surface area is 129 Å². The largest absolute Gasteiger partial charge is 0.468 e. The second kappa shape index (κ2) is 6.66. The predicted octanol–water partition coefficient (Wildman–Crippen LogP) is 2.43. The Balaban J connectivity index is 1.94. The third-order valence-corrected chi connectivity index (χ3v) is 5.59. The SMILES string of the molecule is CNC1(C(=O)OC)CCCC1CCN1CCCC(C)(C)C1. The molecule has 1 aliphatic carbocycles. The fourth-order valence-electron chi connectivity index (χ4n) is 4.42. The van der Waals surface area contributed by atoms with Crippen molar-refractivity contribution in [3.63, 3.8) is 0 Å². The molecule has 1 heterocycles. The number of nitrogens with zero attached hydrogens (tertiary/aromatic N) is 1. The minimum absolute atomic E-state index is 0.0773. The van der Waals surface area contributed by atoms with Crippen molar-refractivity contribution in [2.24, 2.45) is 11.3 Å². The maximum Gasteiger partial charge on any atom is 0.326 e. The second-order valence-electron chi connectivity index (χ2n) is 7.63. The zero-order valence-corrected chi connectivity index (χ0v) is 14.2. The van der Waals surface area contributed by atoms with E-state index in [-0.39, 0.29) is 5.97 Å². The third kappa shape index (κ3) is 3.59. The molecule has 0 spiro atoms. The first-order valence-corrected chi connectivity index (χ1v) is 8.43. The van der Waals surface area contributed by atoms with Gasteiger partial charge >= 0.3 is 5.97 Å². The molecular weight excluding hydrogens is 264 g/mol. The Morgan fingerprint density at radius 2 is 2.10 bits per heavy atom. The van der Waals surface area contributed by atoms with Crippen LogP contribution < -0.4 is 5.32 Å². The van der Waals surface area contributed by atoms with Crippen LogP contribution in [0.1, 0.15) is 52.4 Å². The first-order chi connectivity index (χ1) is 9.93. The van der Waals surface area contributed by atoms with Crippen LogP contribution in [0.5, 0.6) is 0 Å². The van der Waals surface area contributed by atoms with E-state index in [2.05, 4.69) is 24.1 Å². The Bertz CT molecular complexity index is 370. The van der Waals surface area contributed by atoms with Crippen LogP contribution in [0.25, 0.3) is 0 Å². The van der Waals surface area contributed by atoms with Gasteiger partial charge in [0.1, 0.15) is 5.54 Å². The standard InChI is InChI=1S/C17H32N2O2/c1-16(2)9-6-11-19(13-16)12-8-14-7-5-10-17(14,18-3)15(20)21-4/h14,18H,5-13H2,1-4H3. The molecule has 0 aromatic heterocycles. The average Bonchev–Trinajstić information content (AvgIpc) is 2.87. The summed E-state index contributed by atoms with van der Waals surface area (Å²) < 4.78 is 5.07. The van der Waals surface area contributed by atoms with Gasteiger partial charge in [0.15, 0.2) is 0 Å². The molecule has 0 bridgehead atoms. The average molecular weight is 296 g/mol. The molecule has 0 aromatic carbocycles. The predicted molar refractivity (Wildman–Crippen MR) is 85.2 cm³/mol. The highest BCUT2D eigenvalue weighted by atomic mass is 16.5. The van der Waals surface area contributed by atoms with Crippen LogP contribution in [0.3, 0.4) is 0 Å². The van der Waals surface area contributed by atoms with Crippen molar-refractivity contribution < 1.29 is 9.53 Å². The van der Waals surface area contributed by atoms with Crippen molar-refractivity contribution in [2.75, 3.05) is 33.8 Å². The lowest BCUT2D eigenvalue weighted by Gasteiger charge is -2.39. The van der Waals surface area contributed by atoms with E-state index in [1.807, 2.05) is 7.05 Å². The van der Waals surface area contributed by atoms with Crippen molar-refractivity contribution in [3.8, 4) is 0 Å². The molecule has 0 aromatic rings. The van der Waals surface area contributed by atoms with Gasteiger partial charge in [-0.3, -0.25) is 4.79 Å². The molecule has 4 nitrogen and oxygen atoms in total. The van der Waals surface area contributed by atoms with E-state index in [9.17, 15) is 4.79 Å². The van der Waals surface area contributed by atoms with E-state index < -0.39 is 5.54 Å². The summed E-state index contributed by atoms with van der Waals surface area (Å²) in [5.74, 6) is 0.325. The van der Waals surface area contributed by atoms with Gasteiger partial charge in [0.25, 0.3) is 0 Å². The summed E-state index contributed by atoms with van der Waals surface area (Å²) in [6, 6.07) is 0. The van der Waals surface area contributed by atoms with Gasteiger partial charge in [-0.25, -0.2) is 0 Å². The molecule has 0 amide bonds.